The van der Waals surface area contributed by atoms with E-state index in [4.69, 9.17) is 10.2 Å². The molecule has 0 radical (unpaired) electrons. The van der Waals surface area contributed by atoms with Gasteiger partial charge in [-0.1, -0.05) is 0 Å². The number of hydrogen-bond acceptors (Lipinski definition) is 3. The Morgan fingerprint density at radius 1 is 1.15 bits per heavy atom. The Morgan fingerprint density at radius 3 is 1.85 bits per heavy atom. The number of aliphatic carboxylic acids is 2. The summed E-state index contributed by atoms with van der Waals surface area (Å²) >= 11 is 0. The molecule has 1 aliphatic rings. The van der Waals surface area contributed by atoms with Crippen LogP contribution in [0.3, 0.4) is 0 Å². The highest BCUT2D eigenvalue weighted by atomic mass is 16.4. The van der Waals surface area contributed by atoms with Gasteiger partial charge in [-0.25, -0.2) is 14.4 Å². The second-order valence-electron chi connectivity index (χ2n) is 2.64. The molecule has 1 saturated heterocycles. The van der Waals surface area contributed by atoms with Crippen molar-refractivity contribution in [2.24, 2.45) is 0 Å². The van der Waals surface area contributed by atoms with Crippen LogP contribution in [0, 0.1) is 0 Å². The lowest BCUT2D eigenvalue weighted by Crippen LogP contribution is -2.59. The Labute approximate surface area is 72.7 Å². The highest BCUT2D eigenvalue weighted by molar-refractivity contribution is 5.89. The van der Waals surface area contributed by atoms with Crippen molar-refractivity contribution in [1.29, 1.82) is 0 Å². The summed E-state index contributed by atoms with van der Waals surface area (Å²) in [4.78, 5) is 31.6. The maximum Gasteiger partial charge on any atom is 0.326 e. The fraction of sp³-hybridized carbons (Fsp3) is 0.500. The lowest BCUT2D eigenvalue weighted by Gasteiger charge is -2.25. The summed E-state index contributed by atoms with van der Waals surface area (Å²) in [5, 5.41) is 21.2. The molecule has 72 valence electrons. The predicted molar refractivity (Wildman–Crippen MR) is 39.1 cm³/mol. The average Bonchev–Trinajstić information content (AvgIpc) is 2.03. The third kappa shape index (κ3) is 2.08. The lowest BCUT2D eigenvalue weighted by atomic mass is 10.1. The summed E-state index contributed by atoms with van der Waals surface area (Å²) in [6.45, 7) is 0. The normalized spacial score (nSPS) is 27.2. The monoisotopic (exact) mass is 188 g/mol. The number of carbonyl (C=O) groups is 3. The highest BCUT2D eigenvalue weighted by Gasteiger charge is 2.33. The minimum atomic E-state index is -1.24. The molecular weight excluding hydrogens is 180 g/mol. The highest BCUT2D eigenvalue weighted by Crippen LogP contribution is 2.04. The van der Waals surface area contributed by atoms with E-state index in [2.05, 4.69) is 10.6 Å². The van der Waals surface area contributed by atoms with Gasteiger partial charge in [0, 0.05) is 6.42 Å². The number of carbonyl (C=O) groups excluding carboxylic acids is 1. The number of rotatable bonds is 2. The van der Waals surface area contributed by atoms with Crippen molar-refractivity contribution in [2.45, 2.75) is 18.5 Å². The van der Waals surface area contributed by atoms with Gasteiger partial charge in [0.05, 0.1) is 0 Å². The van der Waals surface area contributed by atoms with Gasteiger partial charge in [0.2, 0.25) is 0 Å². The molecule has 0 aromatic heterocycles. The van der Waals surface area contributed by atoms with Gasteiger partial charge in [-0.3, -0.25) is 0 Å². The number of carboxylic acids is 2. The lowest BCUT2D eigenvalue weighted by molar-refractivity contribution is -0.142. The number of amides is 2. The molecule has 1 fully saturated rings. The first-order valence-corrected chi connectivity index (χ1v) is 3.53. The van der Waals surface area contributed by atoms with Crippen molar-refractivity contribution in [3.05, 3.63) is 0 Å². The van der Waals surface area contributed by atoms with E-state index < -0.39 is 30.1 Å². The first kappa shape index (κ1) is 9.30. The van der Waals surface area contributed by atoms with Crippen molar-refractivity contribution in [1.82, 2.24) is 10.6 Å². The molecule has 13 heavy (non-hydrogen) atoms. The van der Waals surface area contributed by atoms with Crippen LogP contribution < -0.4 is 10.6 Å². The SMILES string of the molecule is O=C1NC(C(=O)O)C[C@H](C(=O)O)N1. The van der Waals surface area contributed by atoms with Gasteiger partial charge >= 0.3 is 18.0 Å². The van der Waals surface area contributed by atoms with Gasteiger partial charge in [-0.2, -0.15) is 0 Å². The number of nitrogens with one attached hydrogen (secondary N) is 2. The van der Waals surface area contributed by atoms with Gasteiger partial charge in [0.1, 0.15) is 12.1 Å². The third-order valence-corrected chi connectivity index (χ3v) is 1.68. The number of hydrogen-bond donors (Lipinski definition) is 4. The van der Waals surface area contributed by atoms with Crippen LogP contribution in [0.15, 0.2) is 0 Å². The van der Waals surface area contributed by atoms with Gasteiger partial charge in [-0.05, 0) is 0 Å². The number of carboxylic acid groups (broad SMARTS) is 2. The van der Waals surface area contributed by atoms with Gasteiger partial charge in [0.25, 0.3) is 0 Å². The Hall–Kier alpha value is -1.79. The zero-order valence-electron chi connectivity index (χ0n) is 6.48. The summed E-state index contributed by atoms with van der Waals surface area (Å²) in [6.07, 6.45) is -0.156. The summed E-state index contributed by atoms with van der Waals surface area (Å²) in [5.41, 5.74) is 0. The molecule has 0 aromatic rings. The zero-order valence-corrected chi connectivity index (χ0v) is 6.48. The Kier molecular flexibility index (Phi) is 2.36. The minimum Gasteiger partial charge on any atom is -0.480 e. The Morgan fingerprint density at radius 2 is 1.54 bits per heavy atom. The van der Waals surface area contributed by atoms with E-state index in [1.165, 1.54) is 0 Å². The molecule has 0 aromatic carbocycles. The van der Waals surface area contributed by atoms with Gasteiger partial charge in [0.15, 0.2) is 0 Å². The second-order valence-corrected chi connectivity index (χ2v) is 2.64. The Balaban J connectivity index is 2.68. The maximum atomic E-state index is 10.7. The molecule has 1 unspecified atom stereocenters. The summed E-state index contributed by atoms with van der Waals surface area (Å²) in [7, 11) is 0. The van der Waals surface area contributed by atoms with E-state index in [0.29, 0.717) is 0 Å². The van der Waals surface area contributed by atoms with Crippen LogP contribution in [0.2, 0.25) is 0 Å². The van der Waals surface area contributed by atoms with Crippen LogP contribution in [-0.2, 0) is 9.59 Å². The van der Waals surface area contributed by atoms with Crippen LogP contribution >= 0.6 is 0 Å². The molecule has 1 aliphatic heterocycles. The van der Waals surface area contributed by atoms with E-state index in [-0.39, 0.29) is 6.42 Å². The van der Waals surface area contributed by atoms with Crippen LogP contribution in [0.5, 0.6) is 0 Å². The standard InChI is InChI=1S/C6H8N2O5/c9-4(10)2-1-3(5(11)12)8-6(13)7-2/h2-3H,1H2,(H,9,10)(H,11,12)(H2,7,8,13)/t2-,3?/m1/s1. The van der Waals surface area contributed by atoms with Crippen molar-refractivity contribution in [2.75, 3.05) is 0 Å². The molecule has 0 spiro atoms. The minimum absolute atomic E-state index is 0.156. The average molecular weight is 188 g/mol. The van der Waals surface area contributed by atoms with Crippen LogP contribution in [0.1, 0.15) is 6.42 Å². The molecule has 0 aliphatic carbocycles. The molecule has 2 amide bonds. The van der Waals surface area contributed by atoms with Crippen molar-refractivity contribution < 1.29 is 24.6 Å². The smallest absolute Gasteiger partial charge is 0.326 e. The van der Waals surface area contributed by atoms with Crippen LogP contribution in [0.25, 0.3) is 0 Å². The molecule has 4 N–H and O–H groups in total. The quantitative estimate of drug-likeness (QED) is 0.425. The van der Waals surface area contributed by atoms with E-state index in [9.17, 15) is 14.4 Å². The Bertz CT molecular complexity index is 240. The molecule has 0 saturated carbocycles. The van der Waals surface area contributed by atoms with Crippen molar-refractivity contribution in [3.8, 4) is 0 Å². The first-order valence-electron chi connectivity index (χ1n) is 3.53. The summed E-state index contributed by atoms with van der Waals surface area (Å²) < 4.78 is 0. The van der Waals surface area contributed by atoms with E-state index >= 15 is 0 Å². The topological polar surface area (TPSA) is 116 Å². The molecule has 0 bridgehead atoms. The van der Waals surface area contributed by atoms with Crippen LogP contribution in [-0.4, -0.2) is 40.3 Å². The van der Waals surface area contributed by atoms with E-state index in [1.54, 1.807) is 0 Å². The first-order chi connectivity index (χ1) is 6.00. The summed E-state index contributed by atoms with van der Waals surface area (Å²) in [5.74, 6) is -2.47. The molecule has 1 rings (SSSR count). The second kappa shape index (κ2) is 3.30. The van der Waals surface area contributed by atoms with Crippen LogP contribution in [0.4, 0.5) is 4.79 Å². The zero-order chi connectivity index (χ0) is 10.0. The molecular formula is C6H8N2O5. The number of urea groups is 1. The molecule has 2 atom stereocenters. The molecule has 7 heteroatoms. The van der Waals surface area contributed by atoms with Crippen molar-refractivity contribution >= 4 is 18.0 Å². The fourth-order valence-electron chi connectivity index (χ4n) is 1.04. The third-order valence-electron chi connectivity index (χ3n) is 1.68. The van der Waals surface area contributed by atoms with E-state index in [1.807, 2.05) is 0 Å². The fourth-order valence-corrected chi connectivity index (χ4v) is 1.04. The summed E-state index contributed by atoms with van der Waals surface area (Å²) in [6, 6.07) is -3.03. The van der Waals surface area contributed by atoms with E-state index in [0.717, 1.165) is 0 Å². The predicted octanol–water partition coefficient (Wildman–Crippen LogP) is -1.40. The maximum absolute atomic E-state index is 10.7. The largest absolute Gasteiger partial charge is 0.480 e. The molecule has 7 nitrogen and oxygen atoms in total. The molecule has 1 heterocycles. The van der Waals surface area contributed by atoms with Crippen molar-refractivity contribution in [3.63, 3.8) is 0 Å². The van der Waals surface area contributed by atoms with Gasteiger partial charge < -0.3 is 20.8 Å². The van der Waals surface area contributed by atoms with Gasteiger partial charge in [-0.15, -0.1) is 0 Å².